The normalized spacial score (nSPS) is 23.4. The van der Waals surface area contributed by atoms with Gasteiger partial charge in [-0.1, -0.05) is 6.08 Å². The maximum Gasteiger partial charge on any atom is 0.202 e. The second kappa shape index (κ2) is 3.15. The van der Waals surface area contributed by atoms with Crippen LogP contribution in [0.3, 0.4) is 0 Å². The van der Waals surface area contributed by atoms with E-state index in [4.69, 9.17) is 0 Å². The number of allylic oxidation sites excluding steroid dienone is 1. The van der Waals surface area contributed by atoms with Crippen molar-refractivity contribution in [2.45, 2.75) is 6.42 Å². The van der Waals surface area contributed by atoms with Crippen LogP contribution < -0.4 is 5.32 Å². The van der Waals surface area contributed by atoms with Gasteiger partial charge in [0, 0.05) is 12.5 Å². The summed E-state index contributed by atoms with van der Waals surface area (Å²) in [6.07, 6.45) is 4.56. The zero-order valence-electron chi connectivity index (χ0n) is 5.54. The molecule has 0 saturated carbocycles. The van der Waals surface area contributed by atoms with E-state index in [0.29, 0.717) is 6.29 Å². The van der Waals surface area contributed by atoms with Crippen LogP contribution in [0.2, 0.25) is 0 Å². The lowest BCUT2D eigenvalue weighted by Crippen LogP contribution is -2.23. The molecule has 1 heterocycles. The summed E-state index contributed by atoms with van der Waals surface area (Å²) in [5.74, 6) is -0.503. The van der Waals surface area contributed by atoms with Gasteiger partial charge in [-0.3, -0.25) is 9.59 Å². The van der Waals surface area contributed by atoms with E-state index in [-0.39, 0.29) is 11.7 Å². The van der Waals surface area contributed by atoms with Crippen LogP contribution in [0.4, 0.5) is 0 Å². The standard InChI is InChI=1S/C7H9NO2/c9-5-7(10)6-1-3-8-4-2-6/h1,3,5-6,8H,2,4H2. The smallest absolute Gasteiger partial charge is 0.202 e. The highest BCUT2D eigenvalue weighted by Crippen LogP contribution is 2.07. The third kappa shape index (κ3) is 1.43. The van der Waals surface area contributed by atoms with Crippen LogP contribution in [0.1, 0.15) is 6.42 Å². The number of nitrogens with one attached hydrogen (secondary N) is 1. The molecule has 1 aliphatic rings. The van der Waals surface area contributed by atoms with E-state index >= 15 is 0 Å². The van der Waals surface area contributed by atoms with Crippen molar-refractivity contribution in [3.05, 3.63) is 12.3 Å². The Labute approximate surface area is 59.1 Å². The number of ketones is 1. The molecule has 0 aromatic carbocycles. The zero-order valence-corrected chi connectivity index (χ0v) is 5.54. The van der Waals surface area contributed by atoms with E-state index in [1.54, 1.807) is 12.3 Å². The average molecular weight is 139 g/mol. The number of rotatable bonds is 2. The number of hydrogen-bond donors (Lipinski definition) is 1. The molecule has 0 spiro atoms. The number of aldehydes is 1. The Kier molecular flexibility index (Phi) is 2.20. The van der Waals surface area contributed by atoms with Gasteiger partial charge in [0.1, 0.15) is 0 Å². The SMILES string of the molecule is O=CC(=O)C1C=CNCC1. The molecule has 1 rings (SSSR count). The second-order valence-electron chi connectivity index (χ2n) is 2.23. The minimum absolute atomic E-state index is 0.182. The van der Waals surface area contributed by atoms with Crippen LogP contribution in [0.5, 0.6) is 0 Å². The first-order chi connectivity index (χ1) is 4.84. The van der Waals surface area contributed by atoms with Gasteiger partial charge in [-0.25, -0.2) is 0 Å². The van der Waals surface area contributed by atoms with Crippen molar-refractivity contribution in [1.29, 1.82) is 0 Å². The monoisotopic (exact) mass is 139 g/mol. The molecule has 0 aromatic heterocycles. The molecule has 1 N–H and O–H groups in total. The van der Waals surface area contributed by atoms with Crippen molar-refractivity contribution in [1.82, 2.24) is 5.32 Å². The Bertz CT molecular complexity index is 174. The molecule has 0 radical (unpaired) electrons. The first kappa shape index (κ1) is 6.99. The van der Waals surface area contributed by atoms with Gasteiger partial charge in [0.05, 0.1) is 0 Å². The Morgan fingerprint density at radius 3 is 3.00 bits per heavy atom. The molecular weight excluding hydrogens is 130 g/mol. The Morgan fingerprint density at radius 1 is 1.70 bits per heavy atom. The van der Waals surface area contributed by atoms with Gasteiger partial charge >= 0.3 is 0 Å². The van der Waals surface area contributed by atoms with E-state index in [1.807, 2.05) is 0 Å². The van der Waals surface area contributed by atoms with Crippen LogP contribution in [-0.4, -0.2) is 18.6 Å². The van der Waals surface area contributed by atoms with Crippen molar-refractivity contribution in [3.63, 3.8) is 0 Å². The minimum atomic E-state index is -0.322. The highest BCUT2D eigenvalue weighted by atomic mass is 16.2. The van der Waals surface area contributed by atoms with Crippen LogP contribution >= 0.6 is 0 Å². The fourth-order valence-electron chi connectivity index (χ4n) is 0.927. The molecule has 0 bridgehead atoms. The molecule has 3 heteroatoms. The minimum Gasteiger partial charge on any atom is -0.391 e. The lowest BCUT2D eigenvalue weighted by atomic mass is 9.99. The largest absolute Gasteiger partial charge is 0.391 e. The van der Waals surface area contributed by atoms with Crippen molar-refractivity contribution in [2.24, 2.45) is 5.92 Å². The van der Waals surface area contributed by atoms with E-state index in [1.165, 1.54) is 0 Å². The summed E-state index contributed by atoms with van der Waals surface area (Å²) in [5, 5.41) is 2.94. The first-order valence-electron chi connectivity index (χ1n) is 3.23. The van der Waals surface area contributed by atoms with E-state index in [0.717, 1.165) is 13.0 Å². The summed E-state index contributed by atoms with van der Waals surface area (Å²) in [6, 6.07) is 0. The predicted molar refractivity (Wildman–Crippen MR) is 36.3 cm³/mol. The molecule has 0 amide bonds. The molecule has 54 valence electrons. The molecule has 1 atom stereocenters. The third-order valence-electron chi connectivity index (χ3n) is 1.53. The van der Waals surface area contributed by atoms with E-state index in [2.05, 4.69) is 5.32 Å². The number of carbonyl (C=O) groups excluding carboxylic acids is 2. The fourth-order valence-corrected chi connectivity index (χ4v) is 0.927. The van der Waals surface area contributed by atoms with Crippen molar-refractivity contribution in [3.8, 4) is 0 Å². The van der Waals surface area contributed by atoms with Crippen molar-refractivity contribution in [2.75, 3.05) is 6.54 Å². The van der Waals surface area contributed by atoms with Gasteiger partial charge in [-0.2, -0.15) is 0 Å². The number of hydrogen-bond acceptors (Lipinski definition) is 3. The molecule has 0 aliphatic carbocycles. The molecule has 1 aliphatic heterocycles. The quantitative estimate of drug-likeness (QED) is 0.428. The Hall–Kier alpha value is -1.12. The summed E-state index contributed by atoms with van der Waals surface area (Å²) in [6.45, 7) is 0.779. The van der Waals surface area contributed by atoms with Gasteiger partial charge in [0.2, 0.25) is 5.78 Å². The summed E-state index contributed by atoms with van der Waals surface area (Å²) in [4.78, 5) is 20.7. The fraction of sp³-hybridized carbons (Fsp3) is 0.429. The topological polar surface area (TPSA) is 46.2 Å². The van der Waals surface area contributed by atoms with Gasteiger partial charge in [0.15, 0.2) is 6.29 Å². The van der Waals surface area contributed by atoms with Crippen molar-refractivity contribution < 1.29 is 9.59 Å². The maximum absolute atomic E-state index is 10.7. The Balaban J connectivity index is 2.54. The van der Waals surface area contributed by atoms with Crippen LogP contribution in [-0.2, 0) is 9.59 Å². The molecule has 0 aromatic rings. The summed E-state index contributed by atoms with van der Waals surface area (Å²) >= 11 is 0. The summed E-state index contributed by atoms with van der Waals surface area (Å²) in [5.41, 5.74) is 0. The van der Waals surface area contributed by atoms with E-state index in [9.17, 15) is 9.59 Å². The molecule has 0 saturated heterocycles. The number of carbonyl (C=O) groups is 2. The van der Waals surface area contributed by atoms with Gasteiger partial charge in [0.25, 0.3) is 0 Å². The van der Waals surface area contributed by atoms with Crippen molar-refractivity contribution >= 4 is 12.1 Å². The lowest BCUT2D eigenvalue weighted by Gasteiger charge is -2.12. The highest BCUT2D eigenvalue weighted by molar-refractivity contribution is 6.26. The van der Waals surface area contributed by atoms with Crippen LogP contribution in [0.15, 0.2) is 12.3 Å². The first-order valence-corrected chi connectivity index (χ1v) is 3.23. The highest BCUT2D eigenvalue weighted by Gasteiger charge is 2.15. The molecule has 0 fully saturated rings. The van der Waals surface area contributed by atoms with Crippen LogP contribution in [0, 0.1) is 5.92 Å². The summed E-state index contributed by atoms with van der Waals surface area (Å²) in [7, 11) is 0. The number of Topliss-reactive ketones (excluding diaryl/α,β-unsaturated/α-hetero) is 1. The van der Waals surface area contributed by atoms with Gasteiger partial charge < -0.3 is 5.32 Å². The third-order valence-corrected chi connectivity index (χ3v) is 1.53. The lowest BCUT2D eigenvalue weighted by molar-refractivity contribution is -0.131. The molecule has 1 unspecified atom stereocenters. The van der Waals surface area contributed by atoms with Gasteiger partial charge in [-0.05, 0) is 12.6 Å². The van der Waals surface area contributed by atoms with Crippen LogP contribution in [0.25, 0.3) is 0 Å². The summed E-state index contributed by atoms with van der Waals surface area (Å²) < 4.78 is 0. The molecule has 3 nitrogen and oxygen atoms in total. The average Bonchev–Trinajstić information content (AvgIpc) is 2.05. The predicted octanol–water partition coefficient (Wildman–Crippen LogP) is -0.122. The Morgan fingerprint density at radius 2 is 2.50 bits per heavy atom. The molecule has 10 heavy (non-hydrogen) atoms. The zero-order chi connectivity index (χ0) is 7.40. The maximum atomic E-state index is 10.7. The second-order valence-corrected chi connectivity index (χ2v) is 2.23. The van der Waals surface area contributed by atoms with Gasteiger partial charge in [-0.15, -0.1) is 0 Å². The molecular formula is C7H9NO2. The van der Waals surface area contributed by atoms with E-state index < -0.39 is 0 Å².